The van der Waals surface area contributed by atoms with Gasteiger partial charge in [-0.05, 0) is 23.6 Å². The smallest absolute Gasteiger partial charge is 0.270 e. The topological polar surface area (TPSA) is 83.8 Å². The normalized spacial score (nSPS) is 15.9. The maximum Gasteiger partial charge on any atom is 0.270 e. The van der Waals surface area contributed by atoms with Gasteiger partial charge in [-0.1, -0.05) is 38.1 Å². The lowest BCUT2D eigenvalue weighted by atomic mass is 10.0. The SMILES string of the molecule is CC(C)c1ccc([N+](=O)[O-])cc1S(=O)(=O)N1CCN(c2ccccc2)CC1. The van der Waals surface area contributed by atoms with Gasteiger partial charge in [-0.25, -0.2) is 8.42 Å². The van der Waals surface area contributed by atoms with E-state index in [4.69, 9.17) is 0 Å². The van der Waals surface area contributed by atoms with E-state index >= 15 is 0 Å². The number of benzene rings is 2. The first-order valence-electron chi connectivity index (χ1n) is 8.89. The molecule has 1 heterocycles. The summed E-state index contributed by atoms with van der Waals surface area (Å²) in [6.45, 7) is 5.61. The molecule has 1 saturated heterocycles. The molecule has 2 aromatic carbocycles. The van der Waals surface area contributed by atoms with E-state index < -0.39 is 14.9 Å². The van der Waals surface area contributed by atoms with E-state index in [0.717, 1.165) is 5.69 Å². The van der Waals surface area contributed by atoms with Crippen molar-refractivity contribution in [2.75, 3.05) is 31.1 Å². The van der Waals surface area contributed by atoms with Crippen molar-refractivity contribution in [1.82, 2.24) is 4.31 Å². The van der Waals surface area contributed by atoms with Crippen molar-refractivity contribution in [3.8, 4) is 0 Å². The molecule has 0 unspecified atom stereocenters. The highest BCUT2D eigenvalue weighted by molar-refractivity contribution is 7.89. The Kier molecular flexibility index (Phi) is 5.48. The summed E-state index contributed by atoms with van der Waals surface area (Å²) in [5.41, 5.74) is 1.46. The molecule has 0 amide bonds. The zero-order valence-electron chi connectivity index (χ0n) is 15.4. The van der Waals surface area contributed by atoms with Crippen LogP contribution in [-0.4, -0.2) is 43.8 Å². The van der Waals surface area contributed by atoms with Crippen molar-refractivity contribution >= 4 is 21.4 Å². The molecule has 2 aromatic rings. The van der Waals surface area contributed by atoms with Gasteiger partial charge in [0.1, 0.15) is 0 Å². The molecule has 27 heavy (non-hydrogen) atoms. The van der Waals surface area contributed by atoms with E-state index in [1.54, 1.807) is 6.07 Å². The molecule has 1 aliphatic rings. The average Bonchev–Trinajstić information content (AvgIpc) is 2.68. The van der Waals surface area contributed by atoms with Gasteiger partial charge in [-0.3, -0.25) is 10.1 Å². The minimum Gasteiger partial charge on any atom is -0.369 e. The number of hydrogen-bond acceptors (Lipinski definition) is 5. The van der Waals surface area contributed by atoms with Gasteiger partial charge in [-0.2, -0.15) is 4.31 Å². The molecule has 0 bridgehead atoms. The van der Waals surface area contributed by atoms with Gasteiger partial charge in [0, 0.05) is 44.0 Å². The Morgan fingerprint density at radius 1 is 1.00 bits per heavy atom. The number of nitro groups is 1. The van der Waals surface area contributed by atoms with Crippen LogP contribution in [0.1, 0.15) is 25.3 Å². The highest BCUT2D eigenvalue weighted by atomic mass is 32.2. The fourth-order valence-electron chi connectivity index (χ4n) is 3.30. The predicted molar refractivity (Wildman–Crippen MR) is 105 cm³/mol. The quantitative estimate of drug-likeness (QED) is 0.579. The largest absolute Gasteiger partial charge is 0.369 e. The monoisotopic (exact) mass is 389 g/mol. The second kappa shape index (κ2) is 7.66. The van der Waals surface area contributed by atoms with Crippen molar-refractivity contribution in [2.45, 2.75) is 24.7 Å². The molecule has 3 rings (SSSR count). The Hall–Kier alpha value is -2.45. The minimum absolute atomic E-state index is 0.0415. The summed E-state index contributed by atoms with van der Waals surface area (Å²) >= 11 is 0. The fourth-order valence-corrected chi connectivity index (χ4v) is 5.09. The van der Waals surface area contributed by atoms with Crippen LogP contribution in [0, 0.1) is 10.1 Å². The standard InChI is InChI=1S/C19H23N3O4S/c1-15(2)18-9-8-17(22(23)24)14-19(18)27(25,26)21-12-10-20(11-13-21)16-6-4-3-5-7-16/h3-9,14-15H,10-13H2,1-2H3. The molecule has 1 aliphatic heterocycles. The molecule has 0 atom stereocenters. The van der Waals surface area contributed by atoms with Crippen LogP contribution in [0.4, 0.5) is 11.4 Å². The van der Waals surface area contributed by atoms with Crippen molar-refractivity contribution in [3.63, 3.8) is 0 Å². The molecule has 0 aliphatic carbocycles. The number of sulfonamides is 1. The zero-order chi connectivity index (χ0) is 19.6. The van der Waals surface area contributed by atoms with E-state index in [9.17, 15) is 18.5 Å². The average molecular weight is 389 g/mol. The summed E-state index contributed by atoms with van der Waals surface area (Å²) in [7, 11) is -3.80. The number of nitro benzene ring substituents is 1. The molecule has 0 N–H and O–H groups in total. The predicted octanol–water partition coefficient (Wildman–Crippen LogP) is 3.23. The van der Waals surface area contributed by atoms with Gasteiger partial charge in [0.05, 0.1) is 9.82 Å². The molecule has 7 nitrogen and oxygen atoms in total. The van der Waals surface area contributed by atoms with Crippen LogP contribution in [0.2, 0.25) is 0 Å². The van der Waals surface area contributed by atoms with Gasteiger partial charge in [0.2, 0.25) is 10.0 Å². The summed E-state index contributed by atoms with van der Waals surface area (Å²) in [6, 6.07) is 14.0. The van der Waals surface area contributed by atoms with E-state index in [0.29, 0.717) is 31.7 Å². The maximum atomic E-state index is 13.2. The Bertz CT molecular complexity index is 921. The van der Waals surface area contributed by atoms with Crippen molar-refractivity contribution in [2.24, 2.45) is 0 Å². The third-order valence-corrected chi connectivity index (χ3v) is 6.76. The first-order chi connectivity index (χ1) is 12.8. The first-order valence-corrected chi connectivity index (χ1v) is 10.3. The molecule has 1 fully saturated rings. The highest BCUT2D eigenvalue weighted by Gasteiger charge is 2.32. The van der Waals surface area contributed by atoms with Gasteiger partial charge >= 0.3 is 0 Å². The van der Waals surface area contributed by atoms with Gasteiger partial charge in [0.15, 0.2) is 0 Å². The Balaban J connectivity index is 1.87. The van der Waals surface area contributed by atoms with Crippen molar-refractivity contribution < 1.29 is 13.3 Å². The number of piperazine rings is 1. The zero-order valence-corrected chi connectivity index (χ0v) is 16.2. The lowest BCUT2D eigenvalue weighted by Gasteiger charge is -2.35. The van der Waals surface area contributed by atoms with Crippen LogP contribution in [-0.2, 0) is 10.0 Å². The number of nitrogens with zero attached hydrogens (tertiary/aromatic N) is 3. The Morgan fingerprint density at radius 2 is 1.63 bits per heavy atom. The summed E-state index contributed by atoms with van der Waals surface area (Å²) in [4.78, 5) is 12.8. The summed E-state index contributed by atoms with van der Waals surface area (Å²) in [5, 5.41) is 11.1. The molecular weight excluding hydrogens is 366 g/mol. The van der Waals surface area contributed by atoms with E-state index in [1.807, 2.05) is 44.2 Å². The third kappa shape index (κ3) is 3.96. The number of non-ortho nitro benzene ring substituents is 1. The molecular formula is C19H23N3O4S. The van der Waals surface area contributed by atoms with E-state index in [-0.39, 0.29) is 16.5 Å². The molecule has 0 radical (unpaired) electrons. The lowest BCUT2D eigenvalue weighted by molar-refractivity contribution is -0.385. The van der Waals surface area contributed by atoms with Crippen LogP contribution in [0.25, 0.3) is 0 Å². The number of hydrogen-bond donors (Lipinski definition) is 0. The van der Waals surface area contributed by atoms with Crippen molar-refractivity contribution in [1.29, 1.82) is 0 Å². The summed E-state index contributed by atoms with van der Waals surface area (Å²) < 4.78 is 27.9. The number of para-hydroxylation sites is 1. The first kappa shape index (κ1) is 19.3. The van der Waals surface area contributed by atoms with Crippen LogP contribution in [0.15, 0.2) is 53.4 Å². The van der Waals surface area contributed by atoms with Crippen molar-refractivity contribution in [3.05, 3.63) is 64.2 Å². The number of rotatable bonds is 5. The molecule has 8 heteroatoms. The van der Waals surface area contributed by atoms with Crippen LogP contribution in [0.3, 0.4) is 0 Å². The van der Waals surface area contributed by atoms with E-state index in [2.05, 4.69) is 4.90 Å². The van der Waals surface area contributed by atoms with Crippen LogP contribution >= 0.6 is 0 Å². The molecule has 144 valence electrons. The van der Waals surface area contributed by atoms with Gasteiger partial charge in [0.25, 0.3) is 5.69 Å². The number of anilines is 1. The lowest BCUT2D eigenvalue weighted by Crippen LogP contribution is -2.48. The van der Waals surface area contributed by atoms with Gasteiger partial charge in [-0.15, -0.1) is 0 Å². The minimum atomic E-state index is -3.80. The molecule has 0 spiro atoms. The third-order valence-electron chi connectivity index (χ3n) is 4.81. The second-order valence-electron chi connectivity index (χ2n) is 6.86. The summed E-state index contributed by atoms with van der Waals surface area (Å²) in [5.74, 6) is -0.0545. The van der Waals surface area contributed by atoms with Crippen LogP contribution < -0.4 is 4.90 Å². The summed E-state index contributed by atoms with van der Waals surface area (Å²) in [6.07, 6.45) is 0. The highest BCUT2D eigenvalue weighted by Crippen LogP contribution is 2.31. The molecule has 0 saturated carbocycles. The Labute approximate surface area is 159 Å². The second-order valence-corrected chi connectivity index (χ2v) is 8.77. The fraction of sp³-hybridized carbons (Fsp3) is 0.368. The van der Waals surface area contributed by atoms with Gasteiger partial charge < -0.3 is 4.90 Å². The maximum absolute atomic E-state index is 13.2. The Morgan fingerprint density at radius 3 is 2.19 bits per heavy atom. The molecule has 0 aromatic heterocycles. The van der Waals surface area contributed by atoms with Crippen LogP contribution in [0.5, 0.6) is 0 Å². The van der Waals surface area contributed by atoms with E-state index in [1.165, 1.54) is 16.4 Å².